The fraction of sp³-hybridized carbons (Fsp3) is 0.333. The average molecular weight is 203 g/mol. The highest BCUT2D eigenvalue weighted by atomic mass is 16.4. The molecule has 0 radical (unpaired) electrons. The fourth-order valence-electron chi connectivity index (χ4n) is 1.70. The zero-order valence-electron chi connectivity index (χ0n) is 8.87. The second-order valence-electron chi connectivity index (χ2n) is 3.43. The number of aryl methyl sites for hydroxylation is 1. The zero-order chi connectivity index (χ0) is 11.4. The molecule has 0 aliphatic rings. The summed E-state index contributed by atoms with van der Waals surface area (Å²) in [5.41, 5.74) is 3.13. The summed E-state index contributed by atoms with van der Waals surface area (Å²) in [6.07, 6.45) is 0.672. The third-order valence-corrected chi connectivity index (χ3v) is 2.43. The summed E-state index contributed by atoms with van der Waals surface area (Å²) in [5, 5.41) is 17.7. The summed E-state index contributed by atoms with van der Waals surface area (Å²) < 4.78 is 0. The molecule has 1 aromatic carbocycles. The molecule has 0 unspecified atom stereocenters. The van der Waals surface area contributed by atoms with Crippen LogP contribution in [0.15, 0.2) is 12.1 Å². The second kappa shape index (κ2) is 4.61. The first kappa shape index (κ1) is 11.3. The summed E-state index contributed by atoms with van der Waals surface area (Å²) in [4.78, 5) is 10.6. The van der Waals surface area contributed by atoms with E-state index in [0.29, 0.717) is 12.0 Å². The Hall–Kier alpha value is -1.82. The Morgan fingerprint density at radius 3 is 2.67 bits per heavy atom. The van der Waals surface area contributed by atoms with Gasteiger partial charge in [-0.3, -0.25) is 4.79 Å². The van der Waals surface area contributed by atoms with Crippen LogP contribution in [-0.4, -0.2) is 11.1 Å². The molecular weight excluding hydrogens is 190 g/mol. The van der Waals surface area contributed by atoms with Crippen molar-refractivity contribution in [2.24, 2.45) is 0 Å². The lowest BCUT2D eigenvalue weighted by atomic mass is 9.94. The van der Waals surface area contributed by atoms with E-state index in [0.717, 1.165) is 16.7 Å². The van der Waals surface area contributed by atoms with Crippen LogP contribution < -0.4 is 0 Å². The number of nitrogens with zero attached hydrogens (tertiary/aromatic N) is 1. The molecule has 0 aliphatic heterocycles. The summed E-state index contributed by atoms with van der Waals surface area (Å²) in [7, 11) is 0. The van der Waals surface area contributed by atoms with E-state index in [4.69, 9.17) is 10.4 Å². The molecule has 0 saturated heterocycles. The molecule has 1 rings (SSSR count). The number of carboxylic acids is 1. The molecule has 78 valence electrons. The van der Waals surface area contributed by atoms with Gasteiger partial charge in [0.2, 0.25) is 0 Å². The van der Waals surface area contributed by atoms with Crippen LogP contribution in [0, 0.1) is 18.3 Å². The smallest absolute Gasteiger partial charge is 0.307 e. The Morgan fingerprint density at radius 2 is 2.20 bits per heavy atom. The molecule has 0 spiro atoms. The first-order valence-corrected chi connectivity index (χ1v) is 4.83. The van der Waals surface area contributed by atoms with Gasteiger partial charge in [-0.05, 0) is 30.0 Å². The van der Waals surface area contributed by atoms with Gasteiger partial charge in [0, 0.05) is 0 Å². The first-order valence-electron chi connectivity index (χ1n) is 4.83. The molecule has 15 heavy (non-hydrogen) atoms. The van der Waals surface area contributed by atoms with Crippen molar-refractivity contribution in [3.8, 4) is 6.07 Å². The second-order valence-corrected chi connectivity index (χ2v) is 3.43. The molecule has 0 aliphatic carbocycles. The summed E-state index contributed by atoms with van der Waals surface area (Å²) >= 11 is 0. The zero-order valence-corrected chi connectivity index (χ0v) is 8.87. The summed E-state index contributed by atoms with van der Waals surface area (Å²) in [5.74, 6) is -0.863. The molecule has 1 N–H and O–H groups in total. The average Bonchev–Trinajstić information content (AvgIpc) is 2.19. The van der Waals surface area contributed by atoms with Gasteiger partial charge in [0.25, 0.3) is 0 Å². The topological polar surface area (TPSA) is 61.1 Å². The maximum absolute atomic E-state index is 10.6. The van der Waals surface area contributed by atoms with Gasteiger partial charge in [0.1, 0.15) is 0 Å². The van der Waals surface area contributed by atoms with Crippen LogP contribution in [0.5, 0.6) is 0 Å². The quantitative estimate of drug-likeness (QED) is 0.817. The van der Waals surface area contributed by atoms with Gasteiger partial charge in [-0.1, -0.05) is 19.1 Å². The van der Waals surface area contributed by atoms with E-state index in [1.165, 1.54) is 0 Å². The molecule has 0 aromatic heterocycles. The van der Waals surface area contributed by atoms with Gasteiger partial charge in [0.15, 0.2) is 0 Å². The molecule has 3 nitrogen and oxygen atoms in total. The van der Waals surface area contributed by atoms with E-state index in [2.05, 4.69) is 6.07 Å². The lowest BCUT2D eigenvalue weighted by molar-refractivity contribution is -0.136. The van der Waals surface area contributed by atoms with E-state index < -0.39 is 5.97 Å². The number of carboxylic acid groups (broad SMARTS) is 1. The lowest BCUT2D eigenvalue weighted by Crippen LogP contribution is -2.05. The van der Waals surface area contributed by atoms with Crippen molar-refractivity contribution < 1.29 is 9.90 Å². The number of hydrogen-bond donors (Lipinski definition) is 1. The van der Waals surface area contributed by atoms with Crippen LogP contribution in [0.25, 0.3) is 0 Å². The molecule has 0 saturated carbocycles. The van der Waals surface area contributed by atoms with Crippen molar-refractivity contribution in [3.05, 3.63) is 34.4 Å². The van der Waals surface area contributed by atoms with Gasteiger partial charge in [-0.2, -0.15) is 5.26 Å². The number of aliphatic carboxylic acids is 1. The summed E-state index contributed by atoms with van der Waals surface area (Å²) in [6.45, 7) is 3.79. The van der Waals surface area contributed by atoms with Crippen molar-refractivity contribution >= 4 is 5.97 Å². The van der Waals surface area contributed by atoms with Gasteiger partial charge in [0.05, 0.1) is 18.1 Å². The normalized spacial score (nSPS) is 9.67. The third-order valence-electron chi connectivity index (χ3n) is 2.43. The van der Waals surface area contributed by atoms with Crippen LogP contribution in [0.4, 0.5) is 0 Å². The van der Waals surface area contributed by atoms with E-state index in [-0.39, 0.29) is 6.42 Å². The SMILES string of the molecule is CCc1c(CC(=O)O)ccc(C)c1C#N. The minimum absolute atomic E-state index is 0.0157. The van der Waals surface area contributed by atoms with Crippen LogP contribution >= 0.6 is 0 Å². The molecule has 3 heteroatoms. The Morgan fingerprint density at radius 1 is 1.53 bits per heavy atom. The van der Waals surface area contributed by atoms with Gasteiger partial charge < -0.3 is 5.11 Å². The van der Waals surface area contributed by atoms with Crippen LogP contribution in [0.3, 0.4) is 0 Å². The standard InChI is InChI=1S/C12H13NO2/c1-3-10-9(6-12(14)15)5-4-8(2)11(10)7-13/h4-5H,3,6H2,1-2H3,(H,14,15). The fourth-order valence-corrected chi connectivity index (χ4v) is 1.70. The number of benzene rings is 1. The summed E-state index contributed by atoms with van der Waals surface area (Å²) in [6, 6.07) is 5.73. The van der Waals surface area contributed by atoms with Crippen LogP contribution in [0.2, 0.25) is 0 Å². The number of nitriles is 1. The van der Waals surface area contributed by atoms with E-state index in [1.54, 1.807) is 12.1 Å². The molecular formula is C12H13NO2. The van der Waals surface area contributed by atoms with Crippen LogP contribution in [-0.2, 0) is 17.6 Å². The van der Waals surface area contributed by atoms with E-state index in [1.807, 2.05) is 13.8 Å². The van der Waals surface area contributed by atoms with Crippen LogP contribution in [0.1, 0.15) is 29.2 Å². The van der Waals surface area contributed by atoms with Gasteiger partial charge in [-0.15, -0.1) is 0 Å². The minimum atomic E-state index is -0.863. The molecule has 1 aromatic rings. The third kappa shape index (κ3) is 2.35. The Kier molecular flexibility index (Phi) is 3.46. The lowest BCUT2D eigenvalue weighted by Gasteiger charge is -2.09. The molecule has 0 amide bonds. The van der Waals surface area contributed by atoms with Crippen molar-refractivity contribution in [3.63, 3.8) is 0 Å². The Balaban J connectivity index is 3.30. The molecule has 0 bridgehead atoms. The largest absolute Gasteiger partial charge is 0.481 e. The monoisotopic (exact) mass is 203 g/mol. The van der Waals surface area contributed by atoms with Crippen molar-refractivity contribution in [2.45, 2.75) is 26.7 Å². The molecule has 0 heterocycles. The number of hydrogen-bond acceptors (Lipinski definition) is 2. The highest BCUT2D eigenvalue weighted by molar-refractivity contribution is 5.71. The highest BCUT2D eigenvalue weighted by Gasteiger charge is 2.11. The predicted molar refractivity (Wildman–Crippen MR) is 56.6 cm³/mol. The van der Waals surface area contributed by atoms with Gasteiger partial charge >= 0.3 is 5.97 Å². The van der Waals surface area contributed by atoms with E-state index >= 15 is 0 Å². The first-order chi connectivity index (χ1) is 7.10. The molecule has 0 fully saturated rings. The number of carbonyl (C=O) groups is 1. The Bertz CT molecular complexity index is 430. The van der Waals surface area contributed by atoms with Gasteiger partial charge in [-0.25, -0.2) is 0 Å². The maximum Gasteiger partial charge on any atom is 0.307 e. The predicted octanol–water partition coefficient (Wildman–Crippen LogP) is 2.06. The van der Waals surface area contributed by atoms with Crippen molar-refractivity contribution in [1.29, 1.82) is 5.26 Å². The highest BCUT2D eigenvalue weighted by Crippen LogP contribution is 2.19. The van der Waals surface area contributed by atoms with Crippen molar-refractivity contribution in [1.82, 2.24) is 0 Å². The number of rotatable bonds is 3. The minimum Gasteiger partial charge on any atom is -0.481 e. The maximum atomic E-state index is 10.6. The van der Waals surface area contributed by atoms with Crippen molar-refractivity contribution in [2.75, 3.05) is 0 Å². The van der Waals surface area contributed by atoms with E-state index in [9.17, 15) is 4.79 Å². The Labute approximate surface area is 89.0 Å². The molecule has 0 atom stereocenters.